The molecule has 0 bridgehead atoms. The van der Waals surface area contributed by atoms with E-state index in [0.717, 1.165) is 5.56 Å². The molecular weight excluding hydrogens is 313 g/mol. The van der Waals surface area contributed by atoms with Gasteiger partial charge in [-0.3, -0.25) is 0 Å². The highest BCUT2D eigenvalue weighted by Crippen LogP contribution is 2.25. The van der Waals surface area contributed by atoms with Crippen LogP contribution in [0.2, 0.25) is 10.0 Å². The number of ether oxygens (including phenoxy) is 2. The van der Waals surface area contributed by atoms with Crippen molar-refractivity contribution in [2.45, 2.75) is 6.61 Å². The average molecular weight is 326 g/mol. The molecule has 0 aliphatic heterocycles. The number of rotatable bonds is 4. The number of nitrogen functional groups attached to an aromatic ring is 1. The first kappa shape index (κ1) is 15.5. The van der Waals surface area contributed by atoms with Gasteiger partial charge in [0.05, 0.1) is 17.2 Å². The summed E-state index contributed by atoms with van der Waals surface area (Å²) in [5, 5.41) is 0.863. The van der Waals surface area contributed by atoms with Crippen molar-refractivity contribution >= 4 is 34.9 Å². The molecule has 0 saturated heterocycles. The largest absolute Gasteiger partial charge is 0.496 e. The van der Waals surface area contributed by atoms with Crippen LogP contribution in [0.3, 0.4) is 0 Å². The monoisotopic (exact) mass is 325 g/mol. The Balaban J connectivity index is 2.09. The molecule has 2 rings (SSSR count). The Kier molecular flexibility index (Phi) is 4.94. The van der Waals surface area contributed by atoms with Crippen molar-refractivity contribution < 1.29 is 14.3 Å². The number of hydrogen-bond donors (Lipinski definition) is 1. The third-order valence-electron chi connectivity index (χ3n) is 2.80. The van der Waals surface area contributed by atoms with Crippen LogP contribution in [0.1, 0.15) is 15.9 Å². The topological polar surface area (TPSA) is 61.5 Å². The van der Waals surface area contributed by atoms with Crippen LogP contribution in [0, 0.1) is 0 Å². The molecule has 4 nitrogen and oxygen atoms in total. The van der Waals surface area contributed by atoms with E-state index in [1.807, 2.05) is 0 Å². The fourth-order valence-electron chi connectivity index (χ4n) is 1.73. The minimum atomic E-state index is -0.502. The molecular formula is C15H13Cl2NO3. The van der Waals surface area contributed by atoms with Gasteiger partial charge < -0.3 is 15.2 Å². The van der Waals surface area contributed by atoms with Crippen LogP contribution in [0.5, 0.6) is 5.75 Å². The molecule has 0 aliphatic rings. The summed E-state index contributed by atoms with van der Waals surface area (Å²) in [7, 11) is 1.46. The molecule has 0 atom stereocenters. The smallest absolute Gasteiger partial charge is 0.342 e. The summed E-state index contributed by atoms with van der Waals surface area (Å²) in [4.78, 5) is 12.1. The Morgan fingerprint density at radius 1 is 1.14 bits per heavy atom. The number of esters is 1. The molecule has 0 radical (unpaired) electrons. The summed E-state index contributed by atoms with van der Waals surface area (Å²) in [5.41, 5.74) is 7.20. The number of benzene rings is 2. The van der Waals surface area contributed by atoms with Crippen molar-refractivity contribution in [3.05, 3.63) is 57.6 Å². The van der Waals surface area contributed by atoms with Crippen LogP contribution >= 0.6 is 23.2 Å². The van der Waals surface area contributed by atoms with Gasteiger partial charge in [0.15, 0.2) is 0 Å². The highest BCUT2D eigenvalue weighted by atomic mass is 35.5. The average Bonchev–Trinajstić information content (AvgIpc) is 2.48. The Hall–Kier alpha value is -1.91. The predicted octanol–water partition coefficient (Wildman–Crippen LogP) is 3.94. The van der Waals surface area contributed by atoms with E-state index < -0.39 is 5.97 Å². The highest BCUT2D eigenvalue weighted by Gasteiger charge is 2.14. The van der Waals surface area contributed by atoms with Gasteiger partial charge in [-0.2, -0.15) is 0 Å². The molecule has 0 heterocycles. The van der Waals surface area contributed by atoms with Crippen LogP contribution in [0.25, 0.3) is 0 Å². The Morgan fingerprint density at radius 2 is 1.90 bits per heavy atom. The van der Waals surface area contributed by atoms with Gasteiger partial charge in [0.2, 0.25) is 0 Å². The molecule has 2 aromatic rings. The van der Waals surface area contributed by atoms with Gasteiger partial charge >= 0.3 is 5.97 Å². The van der Waals surface area contributed by atoms with Crippen LogP contribution in [0.15, 0.2) is 36.4 Å². The summed E-state index contributed by atoms with van der Waals surface area (Å²) in [6, 6.07) is 9.77. The zero-order valence-corrected chi connectivity index (χ0v) is 12.7. The molecule has 21 heavy (non-hydrogen) atoms. The number of halogens is 2. The second kappa shape index (κ2) is 6.70. The number of anilines is 1. The van der Waals surface area contributed by atoms with Gasteiger partial charge in [0.25, 0.3) is 0 Å². The van der Waals surface area contributed by atoms with Crippen LogP contribution < -0.4 is 10.5 Å². The summed E-state index contributed by atoms with van der Waals surface area (Å²) in [5.74, 6) is -0.132. The quantitative estimate of drug-likeness (QED) is 0.683. The number of carbonyl (C=O) groups excluding carboxylic acids is 1. The maximum Gasteiger partial charge on any atom is 0.342 e. The molecule has 6 heteroatoms. The third kappa shape index (κ3) is 3.80. The second-order valence-electron chi connectivity index (χ2n) is 4.28. The zero-order chi connectivity index (χ0) is 15.4. The summed E-state index contributed by atoms with van der Waals surface area (Å²) in [6.45, 7) is 0.0866. The predicted molar refractivity (Wildman–Crippen MR) is 83.0 cm³/mol. The van der Waals surface area contributed by atoms with E-state index >= 15 is 0 Å². The lowest BCUT2D eigenvalue weighted by Crippen LogP contribution is -2.07. The number of carbonyl (C=O) groups is 1. The van der Waals surface area contributed by atoms with E-state index in [1.54, 1.807) is 36.4 Å². The number of nitrogens with two attached hydrogens (primary N) is 1. The molecule has 110 valence electrons. The summed E-state index contributed by atoms with van der Waals surface area (Å²) in [6.07, 6.45) is 0. The molecule has 0 saturated carbocycles. The second-order valence-corrected chi connectivity index (χ2v) is 5.10. The normalized spacial score (nSPS) is 10.2. The standard InChI is InChI=1S/C15H13Cl2NO3/c1-20-14-7-10(18)3-4-11(14)15(19)21-8-9-2-5-12(16)13(17)6-9/h2-7H,8,18H2,1H3. The molecule has 0 aromatic heterocycles. The molecule has 2 aromatic carbocycles. The molecule has 2 N–H and O–H groups in total. The minimum absolute atomic E-state index is 0.0866. The van der Waals surface area contributed by atoms with Crippen LogP contribution in [0.4, 0.5) is 5.69 Å². The lowest BCUT2D eigenvalue weighted by molar-refractivity contribution is 0.0469. The van der Waals surface area contributed by atoms with Crippen molar-refractivity contribution in [2.24, 2.45) is 0 Å². The molecule has 0 fully saturated rings. The van der Waals surface area contributed by atoms with Gasteiger partial charge in [0.1, 0.15) is 17.9 Å². The fraction of sp³-hybridized carbons (Fsp3) is 0.133. The van der Waals surface area contributed by atoms with Gasteiger partial charge in [-0.05, 0) is 29.8 Å². The van der Waals surface area contributed by atoms with Crippen LogP contribution in [-0.2, 0) is 11.3 Å². The molecule has 0 amide bonds. The van der Waals surface area contributed by atoms with Crippen molar-refractivity contribution in [2.75, 3.05) is 12.8 Å². The van der Waals surface area contributed by atoms with E-state index in [2.05, 4.69) is 0 Å². The van der Waals surface area contributed by atoms with E-state index in [9.17, 15) is 4.79 Å². The molecule has 0 unspecified atom stereocenters. The lowest BCUT2D eigenvalue weighted by Gasteiger charge is -2.10. The van der Waals surface area contributed by atoms with Crippen molar-refractivity contribution in [1.29, 1.82) is 0 Å². The van der Waals surface area contributed by atoms with E-state index in [4.69, 9.17) is 38.4 Å². The lowest BCUT2D eigenvalue weighted by atomic mass is 10.2. The first-order valence-electron chi connectivity index (χ1n) is 6.06. The van der Waals surface area contributed by atoms with Crippen LogP contribution in [-0.4, -0.2) is 13.1 Å². The Labute approximate surface area is 132 Å². The third-order valence-corrected chi connectivity index (χ3v) is 3.54. The Morgan fingerprint density at radius 3 is 2.57 bits per heavy atom. The van der Waals surface area contributed by atoms with Crippen molar-refractivity contribution in [1.82, 2.24) is 0 Å². The Bertz CT molecular complexity index is 674. The van der Waals surface area contributed by atoms with E-state index in [0.29, 0.717) is 27.0 Å². The fourth-order valence-corrected chi connectivity index (χ4v) is 2.05. The van der Waals surface area contributed by atoms with E-state index in [1.165, 1.54) is 7.11 Å². The van der Waals surface area contributed by atoms with Gasteiger partial charge in [0, 0.05) is 11.8 Å². The first-order valence-corrected chi connectivity index (χ1v) is 6.81. The van der Waals surface area contributed by atoms with Crippen molar-refractivity contribution in [3.8, 4) is 5.75 Å². The van der Waals surface area contributed by atoms with Gasteiger partial charge in [-0.15, -0.1) is 0 Å². The minimum Gasteiger partial charge on any atom is -0.496 e. The molecule has 0 aliphatic carbocycles. The SMILES string of the molecule is COc1cc(N)ccc1C(=O)OCc1ccc(Cl)c(Cl)c1. The summed E-state index contributed by atoms with van der Waals surface area (Å²) >= 11 is 11.7. The van der Waals surface area contributed by atoms with Gasteiger partial charge in [-0.25, -0.2) is 4.79 Å². The number of methoxy groups -OCH3 is 1. The zero-order valence-electron chi connectivity index (χ0n) is 11.2. The highest BCUT2D eigenvalue weighted by molar-refractivity contribution is 6.42. The summed E-state index contributed by atoms with van der Waals surface area (Å²) < 4.78 is 10.3. The maximum absolute atomic E-state index is 12.1. The molecule has 0 spiro atoms. The maximum atomic E-state index is 12.1. The van der Waals surface area contributed by atoms with Crippen molar-refractivity contribution in [3.63, 3.8) is 0 Å². The van der Waals surface area contributed by atoms with E-state index in [-0.39, 0.29) is 6.61 Å². The van der Waals surface area contributed by atoms with Gasteiger partial charge in [-0.1, -0.05) is 29.3 Å². The number of hydrogen-bond acceptors (Lipinski definition) is 4. The first-order chi connectivity index (χ1) is 10.0.